The molecule has 1 aromatic rings. The van der Waals surface area contributed by atoms with Crippen molar-refractivity contribution >= 4 is 17.4 Å². The van der Waals surface area contributed by atoms with E-state index in [0.717, 1.165) is 40.4 Å². The van der Waals surface area contributed by atoms with Crippen molar-refractivity contribution in [3.05, 3.63) is 89.1 Å². The molecule has 0 saturated heterocycles. The Bertz CT molecular complexity index is 1230. The summed E-state index contributed by atoms with van der Waals surface area (Å²) < 4.78 is 0. The molecule has 9 nitrogen and oxygen atoms in total. The lowest BCUT2D eigenvalue weighted by atomic mass is 10.0. The van der Waals surface area contributed by atoms with Gasteiger partial charge in [0.2, 0.25) is 0 Å². The Morgan fingerprint density at radius 1 is 1.21 bits per heavy atom. The second kappa shape index (κ2) is 8.67. The molecule has 1 fully saturated rings. The zero-order valence-corrected chi connectivity index (χ0v) is 18.7. The summed E-state index contributed by atoms with van der Waals surface area (Å²) in [4.78, 5) is 27.4. The third kappa shape index (κ3) is 4.01. The second-order valence-electron chi connectivity index (χ2n) is 8.60. The number of hydrogen-bond acceptors (Lipinski definition) is 7. The van der Waals surface area contributed by atoms with E-state index in [9.17, 15) is 9.59 Å². The standard InChI is InChI=1S/C25H25N7O2/c1-30(27)24(33)18-5-3-17(4-6-18)21-15-29-31-11-10-20(12-23(21)31)32(19-7-8-19)25(34)22-9-2-16(13-26)14-28-22/h2-6,9-12,14,19,22,28-29H,7-8,15,27H2,1H3. The summed E-state index contributed by atoms with van der Waals surface area (Å²) in [6.45, 7) is 0.625. The molecule has 0 bridgehead atoms. The number of dihydropyridines is 1. The molecule has 172 valence electrons. The van der Waals surface area contributed by atoms with Gasteiger partial charge < -0.3 is 10.2 Å². The molecule has 1 unspecified atom stereocenters. The quantitative estimate of drug-likeness (QED) is 0.350. The highest BCUT2D eigenvalue weighted by Crippen LogP contribution is 2.36. The molecule has 1 atom stereocenters. The van der Waals surface area contributed by atoms with Gasteiger partial charge in [-0.15, -0.1) is 0 Å². The van der Waals surface area contributed by atoms with Crippen LogP contribution in [0.25, 0.3) is 5.57 Å². The third-order valence-electron chi connectivity index (χ3n) is 6.18. The first-order chi connectivity index (χ1) is 16.5. The van der Waals surface area contributed by atoms with E-state index >= 15 is 0 Å². The highest BCUT2D eigenvalue weighted by molar-refractivity contribution is 5.94. The van der Waals surface area contributed by atoms with Crippen molar-refractivity contribution in [1.29, 1.82) is 5.26 Å². The molecule has 5 rings (SSSR count). The summed E-state index contributed by atoms with van der Waals surface area (Å²) in [5.41, 5.74) is 8.21. The van der Waals surface area contributed by atoms with E-state index in [1.807, 2.05) is 40.4 Å². The number of nitriles is 1. The number of hydrazine groups is 2. The van der Waals surface area contributed by atoms with Crippen LogP contribution in [0.2, 0.25) is 0 Å². The van der Waals surface area contributed by atoms with Crippen LogP contribution < -0.4 is 16.6 Å². The number of allylic oxidation sites excluding steroid dienone is 4. The van der Waals surface area contributed by atoms with Crippen LogP contribution in [0.5, 0.6) is 0 Å². The highest BCUT2D eigenvalue weighted by Gasteiger charge is 2.38. The van der Waals surface area contributed by atoms with Gasteiger partial charge in [-0.25, -0.2) is 11.3 Å². The maximum atomic E-state index is 13.4. The van der Waals surface area contributed by atoms with Gasteiger partial charge in [0, 0.05) is 48.9 Å². The normalized spacial score (nSPS) is 20.7. The number of rotatable bonds is 5. The Labute approximate surface area is 197 Å². The van der Waals surface area contributed by atoms with Crippen molar-refractivity contribution in [2.75, 3.05) is 13.6 Å². The number of benzene rings is 1. The molecule has 9 heteroatoms. The molecule has 4 N–H and O–H groups in total. The molecule has 1 aliphatic carbocycles. The van der Waals surface area contributed by atoms with Gasteiger partial charge in [0.15, 0.2) is 0 Å². The molecular weight excluding hydrogens is 430 g/mol. The molecule has 4 aliphatic rings. The lowest BCUT2D eigenvalue weighted by molar-refractivity contribution is -0.130. The lowest BCUT2D eigenvalue weighted by Gasteiger charge is -2.31. The summed E-state index contributed by atoms with van der Waals surface area (Å²) in [6.07, 6.45) is 12.8. The predicted molar refractivity (Wildman–Crippen MR) is 126 cm³/mol. The highest BCUT2D eigenvalue weighted by atomic mass is 16.2. The molecule has 3 heterocycles. The van der Waals surface area contributed by atoms with Crippen LogP contribution in [0.1, 0.15) is 28.8 Å². The average molecular weight is 456 g/mol. The van der Waals surface area contributed by atoms with E-state index in [-0.39, 0.29) is 17.9 Å². The van der Waals surface area contributed by atoms with Crippen LogP contribution in [-0.4, -0.2) is 52.4 Å². The van der Waals surface area contributed by atoms with Gasteiger partial charge >= 0.3 is 0 Å². The monoisotopic (exact) mass is 455 g/mol. The van der Waals surface area contributed by atoms with Gasteiger partial charge in [-0.2, -0.15) is 5.26 Å². The minimum atomic E-state index is -0.508. The maximum Gasteiger partial charge on any atom is 0.267 e. The van der Waals surface area contributed by atoms with Crippen LogP contribution >= 0.6 is 0 Å². The number of fused-ring (bicyclic) bond motifs is 1. The fraction of sp³-hybridized carbons (Fsp3) is 0.240. The summed E-state index contributed by atoms with van der Waals surface area (Å²) >= 11 is 0. The Morgan fingerprint density at radius 3 is 2.59 bits per heavy atom. The number of amides is 2. The van der Waals surface area contributed by atoms with E-state index in [4.69, 9.17) is 11.1 Å². The molecule has 0 radical (unpaired) electrons. The van der Waals surface area contributed by atoms with E-state index in [1.54, 1.807) is 30.5 Å². The Morgan fingerprint density at radius 2 is 1.97 bits per heavy atom. The van der Waals surface area contributed by atoms with Gasteiger partial charge in [0.05, 0.1) is 11.3 Å². The smallest absolute Gasteiger partial charge is 0.267 e. The van der Waals surface area contributed by atoms with Crippen LogP contribution in [0, 0.1) is 11.3 Å². The van der Waals surface area contributed by atoms with Gasteiger partial charge in [0.1, 0.15) is 12.1 Å². The minimum absolute atomic E-state index is 0.0433. The third-order valence-corrected chi connectivity index (χ3v) is 6.18. The summed E-state index contributed by atoms with van der Waals surface area (Å²) in [7, 11) is 1.52. The Balaban J connectivity index is 1.43. The van der Waals surface area contributed by atoms with Crippen molar-refractivity contribution in [3.8, 4) is 6.07 Å². The first-order valence-corrected chi connectivity index (χ1v) is 11.1. The maximum absolute atomic E-state index is 13.4. The van der Waals surface area contributed by atoms with E-state index in [1.165, 1.54) is 7.05 Å². The molecule has 1 aromatic carbocycles. The molecule has 3 aliphatic heterocycles. The summed E-state index contributed by atoms with van der Waals surface area (Å²) in [5, 5.41) is 15.1. The number of nitrogens with zero attached hydrogens (tertiary/aromatic N) is 4. The van der Waals surface area contributed by atoms with E-state index in [0.29, 0.717) is 17.7 Å². The van der Waals surface area contributed by atoms with Crippen molar-refractivity contribution in [1.82, 2.24) is 25.7 Å². The van der Waals surface area contributed by atoms with Gasteiger partial charge in [0.25, 0.3) is 11.8 Å². The second-order valence-corrected chi connectivity index (χ2v) is 8.60. The Kier molecular flexibility index (Phi) is 5.53. The molecule has 1 saturated carbocycles. The van der Waals surface area contributed by atoms with Gasteiger partial charge in [-0.1, -0.05) is 18.2 Å². The SMILES string of the molecule is CN(N)C(=O)c1ccc(C2=C3C=C(N(C(=O)C4C=CC(C#N)=CN4)C4CC4)C=CN3NC2)cc1. The fourth-order valence-electron chi connectivity index (χ4n) is 4.24. The number of nitrogens with one attached hydrogen (secondary N) is 2. The van der Waals surface area contributed by atoms with Crippen LogP contribution in [-0.2, 0) is 4.79 Å². The molecular formula is C25H25N7O2. The summed E-state index contributed by atoms with van der Waals surface area (Å²) in [6, 6.07) is 9.09. The van der Waals surface area contributed by atoms with E-state index in [2.05, 4.69) is 16.8 Å². The van der Waals surface area contributed by atoms with Crippen molar-refractivity contribution in [2.24, 2.45) is 5.84 Å². The average Bonchev–Trinajstić information content (AvgIpc) is 3.61. The lowest BCUT2D eigenvalue weighted by Crippen LogP contribution is -2.45. The predicted octanol–water partition coefficient (Wildman–Crippen LogP) is 1.50. The number of nitrogens with two attached hydrogens (primary N) is 1. The van der Waals surface area contributed by atoms with Crippen molar-refractivity contribution in [3.63, 3.8) is 0 Å². The molecule has 2 amide bonds. The zero-order valence-electron chi connectivity index (χ0n) is 18.7. The largest absolute Gasteiger partial charge is 0.375 e. The topological polar surface area (TPSA) is 118 Å². The van der Waals surface area contributed by atoms with Crippen LogP contribution in [0.15, 0.2) is 77.9 Å². The zero-order chi connectivity index (χ0) is 23.8. The minimum Gasteiger partial charge on any atom is -0.375 e. The molecule has 0 aromatic heterocycles. The first kappa shape index (κ1) is 21.7. The summed E-state index contributed by atoms with van der Waals surface area (Å²) in [5.74, 6) is 5.27. The van der Waals surface area contributed by atoms with Crippen LogP contribution in [0.3, 0.4) is 0 Å². The van der Waals surface area contributed by atoms with Crippen LogP contribution in [0.4, 0.5) is 0 Å². The first-order valence-electron chi connectivity index (χ1n) is 11.1. The van der Waals surface area contributed by atoms with Gasteiger partial charge in [-0.05, 0) is 48.8 Å². The number of carbonyl (C=O) groups excluding carboxylic acids is 2. The Hall–Kier alpha value is -4.13. The molecule has 34 heavy (non-hydrogen) atoms. The van der Waals surface area contributed by atoms with E-state index < -0.39 is 6.04 Å². The fourth-order valence-corrected chi connectivity index (χ4v) is 4.24. The van der Waals surface area contributed by atoms with Crippen molar-refractivity contribution < 1.29 is 9.59 Å². The van der Waals surface area contributed by atoms with Crippen molar-refractivity contribution in [2.45, 2.75) is 24.9 Å². The number of carbonyl (C=O) groups is 2. The number of hydrogen-bond donors (Lipinski definition) is 3. The van der Waals surface area contributed by atoms with Gasteiger partial charge in [-0.3, -0.25) is 19.6 Å². The molecule has 0 spiro atoms.